The van der Waals surface area contributed by atoms with Gasteiger partial charge in [0.2, 0.25) is 5.91 Å². The summed E-state index contributed by atoms with van der Waals surface area (Å²) in [6, 6.07) is 21.7. The largest absolute Gasteiger partial charge is 0.507 e. The standard InChI is InChI=1S/C37H37NO9/c1-21(39)38-31-6-4-3-5-27(31)30-16-23-8-10-26-18-29(23)35(37(30)43)34-28-17-25(46-13-11-32(40)33(41)12-14-47-26)9-7-22(28)15-24(36(34)42)19-45-20-44-2/h3-10,15-18,32-33,40-43H,11-14,19-20H2,1-2H3,(H,38,39)/t32-,33-/m1/s1. The molecule has 5 N–H and O–H groups in total. The van der Waals surface area contributed by atoms with E-state index in [-0.39, 0.29) is 56.9 Å². The Bertz CT molecular complexity index is 1940. The molecule has 0 spiro atoms. The van der Waals surface area contributed by atoms with Gasteiger partial charge in [0, 0.05) is 60.4 Å². The van der Waals surface area contributed by atoms with Crippen molar-refractivity contribution < 1.29 is 44.2 Å². The number of aliphatic hydroxyl groups is 2. The van der Waals surface area contributed by atoms with Crippen LogP contribution in [0.25, 0.3) is 43.8 Å². The molecule has 5 aromatic carbocycles. The summed E-state index contributed by atoms with van der Waals surface area (Å²) >= 11 is 0. The minimum Gasteiger partial charge on any atom is -0.507 e. The summed E-state index contributed by atoms with van der Waals surface area (Å²) in [4.78, 5) is 12.1. The zero-order valence-electron chi connectivity index (χ0n) is 26.2. The molecule has 5 aromatic rings. The lowest BCUT2D eigenvalue weighted by atomic mass is 9.87. The quantitative estimate of drug-likeness (QED) is 0.110. The Kier molecular flexibility index (Phi) is 9.46. The number of aliphatic hydroxyl groups excluding tert-OH is 2. The van der Waals surface area contributed by atoms with Crippen molar-refractivity contribution in [2.75, 3.05) is 32.4 Å². The average Bonchev–Trinajstić information content (AvgIpc) is 3.05. The van der Waals surface area contributed by atoms with Gasteiger partial charge in [-0.15, -0.1) is 0 Å². The summed E-state index contributed by atoms with van der Waals surface area (Å²) in [7, 11) is 1.51. The fourth-order valence-corrected chi connectivity index (χ4v) is 6.02. The zero-order chi connectivity index (χ0) is 33.1. The van der Waals surface area contributed by atoms with Crippen molar-refractivity contribution >= 4 is 33.1 Å². The number of phenolic OH excluding ortho intramolecular Hbond substituents is 2. The van der Waals surface area contributed by atoms with Gasteiger partial charge >= 0.3 is 0 Å². The number of nitrogens with one attached hydrogen (secondary N) is 1. The highest BCUT2D eigenvalue weighted by Crippen LogP contribution is 2.51. The highest BCUT2D eigenvalue weighted by Gasteiger charge is 2.25. The van der Waals surface area contributed by atoms with Gasteiger partial charge in [0.15, 0.2) is 0 Å². The van der Waals surface area contributed by atoms with Crippen LogP contribution in [-0.2, 0) is 20.9 Å². The second kappa shape index (κ2) is 13.9. The second-order valence-electron chi connectivity index (χ2n) is 11.6. The van der Waals surface area contributed by atoms with Gasteiger partial charge < -0.3 is 44.7 Å². The first-order valence-corrected chi connectivity index (χ1v) is 15.4. The Morgan fingerprint density at radius 2 is 1.40 bits per heavy atom. The first kappa shape index (κ1) is 32.1. The van der Waals surface area contributed by atoms with Gasteiger partial charge in [-0.25, -0.2) is 0 Å². The van der Waals surface area contributed by atoms with E-state index in [9.17, 15) is 25.2 Å². The maximum Gasteiger partial charge on any atom is 0.221 e. The van der Waals surface area contributed by atoms with Crippen LogP contribution in [0.1, 0.15) is 25.3 Å². The molecule has 1 aliphatic heterocycles. The lowest BCUT2D eigenvalue weighted by Crippen LogP contribution is -2.29. The van der Waals surface area contributed by atoms with Gasteiger partial charge in [-0.2, -0.15) is 0 Å². The van der Waals surface area contributed by atoms with Gasteiger partial charge in [0.05, 0.1) is 32.0 Å². The van der Waals surface area contributed by atoms with Crippen molar-refractivity contribution in [2.24, 2.45) is 0 Å². The number of amides is 1. The first-order chi connectivity index (χ1) is 22.7. The summed E-state index contributed by atoms with van der Waals surface area (Å²) in [5.41, 5.74) is 2.72. The molecule has 0 fully saturated rings. The van der Waals surface area contributed by atoms with Crippen molar-refractivity contribution in [1.29, 1.82) is 0 Å². The topological polar surface area (TPSA) is 147 Å². The predicted molar refractivity (Wildman–Crippen MR) is 179 cm³/mol. The third-order valence-electron chi connectivity index (χ3n) is 8.30. The molecule has 0 aromatic heterocycles. The molecule has 1 heterocycles. The van der Waals surface area contributed by atoms with E-state index in [1.807, 2.05) is 36.4 Å². The van der Waals surface area contributed by atoms with E-state index < -0.39 is 12.2 Å². The van der Waals surface area contributed by atoms with Crippen LogP contribution in [0.15, 0.2) is 72.8 Å². The monoisotopic (exact) mass is 639 g/mol. The average molecular weight is 640 g/mol. The van der Waals surface area contributed by atoms with Crippen LogP contribution in [0, 0.1) is 0 Å². The van der Waals surface area contributed by atoms with Crippen LogP contribution in [0.2, 0.25) is 0 Å². The molecule has 0 saturated carbocycles. The van der Waals surface area contributed by atoms with Crippen molar-refractivity contribution in [3.63, 3.8) is 0 Å². The van der Waals surface area contributed by atoms with Crippen molar-refractivity contribution in [1.82, 2.24) is 0 Å². The lowest BCUT2D eigenvalue weighted by Gasteiger charge is -2.22. The van der Waals surface area contributed by atoms with E-state index in [0.29, 0.717) is 55.8 Å². The highest BCUT2D eigenvalue weighted by atomic mass is 16.7. The fourth-order valence-electron chi connectivity index (χ4n) is 6.02. The van der Waals surface area contributed by atoms with Crippen molar-refractivity contribution in [3.05, 3.63) is 78.4 Å². The molecule has 4 bridgehead atoms. The van der Waals surface area contributed by atoms with Gasteiger partial charge in [-0.3, -0.25) is 4.79 Å². The number of fused-ring (bicyclic) bond motifs is 3. The number of carbonyl (C=O) groups is 1. The normalized spacial score (nSPS) is 16.7. The molecule has 6 rings (SSSR count). The maximum atomic E-state index is 12.3. The van der Waals surface area contributed by atoms with Gasteiger partial charge in [0.1, 0.15) is 29.8 Å². The van der Waals surface area contributed by atoms with Crippen LogP contribution in [-0.4, -0.2) is 65.7 Å². The minimum atomic E-state index is -1.00. The smallest absolute Gasteiger partial charge is 0.221 e. The first-order valence-electron chi connectivity index (χ1n) is 15.4. The SMILES string of the molecule is COCOCc1cc2ccc3cc2c(c1O)-c1c(O)c(-c2ccccc2NC(C)=O)cc2ccc(cc12)OCC[C@@H](O)[C@H](O)CCO3. The second-order valence-corrected chi connectivity index (χ2v) is 11.6. The summed E-state index contributed by atoms with van der Waals surface area (Å²) in [6.45, 7) is 1.75. The van der Waals surface area contributed by atoms with Crippen molar-refractivity contribution in [3.8, 4) is 45.3 Å². The van der Waals surface area contributed by atoms with Crippen LogP contribution < -0.4 is 14.8 Å². The fraction of sp³-hybridized carbons (Fsp3) is 0.270. The molecule has 1 amide bonds. The Labute approximate surface area is 271 Å². The Morgan fingerprint density at radius 1 is 0.809 bits per heavy atom. The van der Waals surface area contributed by atoms with E-state index in [2.05, 4.69) is 5.32 Å². The van der Waals surface area contributed by atoms with Crippen LogP contribution in [0.3, 0.4) is 0 Å². The highest BCUT2D eigenvalue weighted by molar-refractivity contribution is 6.13. The van der Waals surface area contributed by atoms with Crippen LogP contribution >= 0.6 is 0 Å². The third-order valence-corrected chi connectivity index (χ3v) is 8.30. The number of benzene rings is 5. The third kappa shape index (κ3) is 6.68. The number of carbonyl (C=O) groups excluding carboxylic acids is 1. The summed E-state index contributed by atoms with van der Waals surface area (Å²) in [5.74, 6) is 0.483. The molecular weight excluding hydrogens is 602 g/mol. The number of hydrogen-bond acceptors (Lipinski definition) is 9. The number of phenols is 2. The van der Waals surface area contributed by atoms with Gasteiger partial charge in [0.25, 0.3) is 0 Å². The van der Waals surface area contributed by atoms with Gasteiger partial charge in [-0.05, 0) is 64.0 Å². The molecule has 10 heteroatoms. The number of rotatable bonds is 6. The van der Waals surface area contributed by atoms with Crippen LogP contribution in [0.5, 0.6) is 23.0 Å². The molecule has 244 valence electrons. The van der Waals surface area contributed by atoms with E-state index in [0.717, 1.165) is 10.8 Å². The predicted octanol–water partition coefficient (Wildman–Crippen LogP) is 6.09. The van der Waals surface area contributed by atoms with Crippen molar-refractivity contribution in [2.45, 2.75) is 38.6 Å². The number of ether oxygens (including phenoxy) is 4. The Balaban J connectivity index is 1.68. The lowest BCUT2D eigenvalue weighted by molar-refractivity contribution is -0.114. The summed E-state index contributed by atoms with van der Waals surface area (Å²) in [6.07, 6.45) is -1.62. The summed E-state index contributed by atoms with van der Waals surface area (Å²) < 4.78 is 22.7. The number of hydrogen-bond donors (Lipinski definition) is 5. The molecule has 10 nitrogen and oxygen atoms in total. The van der Waals surface area contributed by atoms with E-state index in [4.69, 9.17) is 18.9 Å². The molecule has 0 unspecified atom stereocenters. The molecule has 2 atom stereocenters. The Morgan fingerprint density at radius 3 is 2.02 bits per heavy atom. The molecular formula is C37H37NO9. The molecule has 47 heavy (non-hydrogen) atoms. The number of methoxy groups -OCH3 is 1. The minimum absolute atomic E-state index is 0.0183. The number of anilines is 1. The van der Waals surface area contributed by atoms with E-state index in [1.54, 1.807) is 36.4 Å². The molecule has 0 aliphatic carbocycles. The molecule has 1 aliphatic rings. The van der Waals surface area contributed by atoms with Gasteiger partial charge in [-0.1, -0.05) is 30.3 Å². The van der Waals surface area contributed by atoms with E-state index >= 15 is 0 Å². The Hall–Kier alpha value is -4.87. The number of aromatic hydroxyl groups is 2. The zero-order valence-corrected chi connectivity index (χ0v) is 26.2. The number of para-hydroxylation sites is 1. The summed E-state index contributed by atoms with van der Waals surface area (Å²) in [5, 5.41) is 50.8. The molecule has 0 saturated heterocycles. The molecule has 0 radical (unpaired) electrons. The maximum absolute atomic E-state index is 12.3. The van der Waals surface area contributed by atoms with Crippen LogP contribution in [0.4, 0.5) is 5.69 Å². The van der Waals surface area contributed by atoms with E-state index in [1.165, 1.54) is 14.0 Å².